The number of pyridine rings is 2. The Morgan fingerprint density at radius 1 is 1.19 bits per heavy atom. The number of carboxylic acids is 1. The van der Waals surface area contributed by atoms with Gasteiger partial charge in [0.05, 0.1) is 23.8 Å². The second-order valence-electron chi connectivity index (χ2n) is 10.9. The lowest BCUT2D eigenvalue weighted by Crippen LogP contribution is -2.34. The SMILES string of the molecule is CNc1cc(F)c(F)c2c1Cc1ncc(-c3ccc4ncc(C(=O)O)c(=O)n4c3)c(N3CC(CN(C)C)C(F)(F)C3)c1-2. The zero-order valence-corrected chi connectivity index (χ0v) is 22.9. The van der Waals surface area contributed by atoms with Crippen LogP contribution in [-0.4, -0.2) is 77.0 Å². The number of benzene rings is 1. The number of carboxylic acid groups (broad SMARTS) is 1. The Balaban J connectivity index is 1.63. The molecule has 9 nitrogen and oxygen atoms in total. The van der Waals surface area contributed by atoms with E-state index in [2.05, 4.69) is 15.3 Å². The van der Waals surface area contributed by atoms with Crippen molar-refractivity contribution in [1.29, 1.82) is 0 Å². The summed E-state index contributed by atoms with van der Waals surface area (Å²) in [4.78, 5) is 36.2. The molecule has 1 aromatic carbocycles. The minimum absolute atomic E-state index is 0.0501. The summed E-state index contributed by atoms with van der Waals surface area (Å²) in [5.74, 6) is -7.78. The highest BCUT2D eigenvalue weighted by molar-refractivity contribution is 5.97. The van der Waals surface area contributed by atoms with Gasteiger partial charge in [-0.3, -0.25) is 14.2 Å². The fraction of sp³-hybridized carbons (Fsp3) is 0.310. The largest absolute Gasteiger partial charge is 0.477 e. The quantitative estimate of drug-likeness (QED) is 0.290. The molecule has 1 aliphatic carbocycles. The third-order valence-corrected chi connectivity index (χ3v) is 7.91. The van der Waals surface area contributed by atoms with Crippen LogP contribution >= 0.6 is 0 Å². The van der Waals surface area contributed by atoms with Gasteiger partial charge in [0, 0.05) is 79.2 Å². The Kier molecular flexibility index (Phi) is 6.44. The summed E-state index contributed by atoms with van der Waals surface area (Å²) >= 11 is 0. The molecular weight excluding hydrogens is 556 g/mol. The van der Waals surface area contributed by atoms with Crippen molar-refractivity contribution in [2.24, 2.45) is 5.92 Å². The smallest absolute Gasteiger partial charge is 0.342 e. The molecule has 2 aliphatic rings. The number of hydrogen-bond acceptors (Lipinski definition) is 7. The molecule has 4 heterocycles. The molecule has 1 atom stereocenters. The minimum Gasteiger partial charge on any atom is -0.477 e. The van der Waals surface area contributed by atoms with E-state index in [-0.39, 0.29) is 42.0 Å². The van der Waals surface area contributed by atoms with Gasteiger partial charge >= 0.3 is 5.97 Å². The number of halogens is 4. The molecule has 1 aliphatic heterocycles. The summed E-state index contributed by atoms with van der Waals surface area (Å²) in [6.45, 7) is -0.638. The molecule has 42 heavy (non-hydrogen) atoms. The molecule has 1 unspecified atom stereocenters. The Bertz CT molecular complexity index is 1840. The maximum Gasteiger partial charge on any atom is 0.342 e. The van der Waals surface area contributed by atoms with Crippen LogP contribution in [0.2, 0.25) is 0 Å². The van der Waals surface area contributed by atoms with E-state index in [0.717, 1.165) is 16.7 Å². The van der Waals surface area contributed by atoms with E-state index in [1.807, 2.05) is 0 Å². The average Bonchev–Trinajstić information content (AvgIpc) is 3.46. The first kappa shape index (κ1) is 27.6. The number of carbonyl (C=O) groups is 1. The van der Waals surface area contributed by atoms with Gasteiger partial charge in [0.2, 0.25) is 0 Å². The van der Waals surface area contributed by atoms with Crippen LogP contribution in [0.15, 0.2) is 41.6 Å². The van der Waals surface area contributed by atoms with Gasteiger partial charge in [-0.05, 0) is 31.8 Å². The van der Waals surface area contributed by atoms with Crippen LogP contribution < -0.4 is 15.8 Å². The van der Waals surface area contributed by atoms with Crippen molar-refractivity contribution >= 4 is 23.0 Å². The van der Waals surface area contributed by atoms with Crippen molar-refractivity contribution in [2.45, 2.75) is 12.3 Å². The topological polar surface area (TPSA) is 103 Å². The van der Waals surface area contributed by atoms with E-state index in [4.69, 9.17) is 0 Å². The van der Waals surface area contributed by atoms with Crippen LogP contribution in [0.25, 0.3) is 27.9 Å². The lowest BCUT2D eigenvalue weighted by atomic mass is 9.97. The number of nitrogens with zero attached hydrogens (tertiary/aromatic N) is 5. The van der Waals surface area contributed by atoms with Crippen molar-refractivity contribution in [3.8, 4) is 22.3 Å². The first-order chi connectivity index (χ1) is 19.9. The Morgan fingerprint density at radius 3 is 2.64 bits per heavy atom. The van der Waals surface area contributed by atoms with Crippen molar-refractivity contribution in [2.75, 3.05) is 51.0 Å². The summed E-state index contributed by atoms with van der Waals surface area (Å²) < 4.78 is 62.2. The normalized spacial score (nSPS) is 17.1. The predicted molar refractivity (Wildman–Crippen MR) is 149 cm³/mol. The molecule has 0 radical (unpaired) electrons. The molecule has 1 fully saturated rings. The zero-order valence-electron chi connectivity index (χ0n) is 22.9. The number of anilines is 2. The predicted octanol–water partition coefficient (Wildman–Crippen LogP) is 3.98. The van der Waals surface area contributed by atoms with E-state index in [0.29, 0.717) is 28.1 Å². The molecule has 0 saturated carbocycles. The fourth-order valence-electron chi connectivity index (χ4n) is 6.01. The molecule has 13 heteroatoms. The molecule has 6 rings (SSSR count). The number of nitrogens with one attached hydrogen (secondary N) is 1. The highest BCUT2D eigenvalue weighted by Crippen LogP contribution is 2.51. The van der Waals surface area contributed by atoms with Crippen LogP contribution in [0.3, 0.4) is 0 Å². The second kappa shape index (κ2) is 9.79. The van der Waals surface area contributed by atoms with E-state index < -0.39 is 47.1 Å². The van der Waals surface area contributed by atoms with E-state index in [1.54, 1.807) is 32.1 Å². The van der Waals surface area contributed by atoms with E-state index >= 15 is 13.2 Å². The van der Waals surface area contributed by atoms with Gasteiger partial charge in [-0.2, -0.15) is 0 Å². The molecular formula is C29H26F4N6O3. The molecule has 0 amide bonds. The van der Waals surface area contributed by atoms with Crippen molar-refractivity contribution < 1.29 is 27.5 Å². The molecule has 1 saturated heterocycles. The number of hydrogen-bond donors (Lipinski definition) is 2. The van der Waals surface area contributed by atoms with Crippen LogP contribution in [0, 0.1) is 17.6 Å². The Labute approximate surface area is 237 Å². The van der Waals surface area contributed by atoms with Crippen LogP contribution in [0.5, 0.6) is 0 Å². The summed E-state index contributed by atoms with van der Waals surface area (Å²) in [7, 11) is 4.98. The maximum absolute atomic E-state index is 15.6. The number of alkyl halides is 2. The summed E-state index contributed by atoms with van der Waals surface area (Å²) in [5, 5.41) is 12.3. The molecule has 0 spiro atoms. The molecule has 0 bridgehead atoms. The van der Waals surface area contributed by atoms with Crippen molar-refractivity contribution in [1.82, 2.24) is 19.3 Å². The van der Waals surface area contributed by atoms with Gasteiger partial charge < -0.3 is 20.2 Å². The minimum atomic E-state index is -3.09. The van der Waals surface area contributed by atoms with Gasteiger partial charge in [-0.1, -0.05) is 0 Å². The summed E-state index contributed by atoms with van der Waals surface area (Å²) in [5.41, 5.74) is 1.03. The number of fused-ring (bicyclic) bond motifs is 4. The van der Waals surface area contributed by atoms with Crippen LogP contribution in [-0.2, 0) is 6.42 Å². The number of aromatic nitrogens is 3. The average molecular weight is 583 g/mol. The maximum atomic E-state index is 15.6. The molecule has 2 N–H and O–H groups in total. The standard InChI is InChI=1S/C29H26F4N6O3/c1-34-20-7-19(30)25(31)23-16(20)6-21-24(23)26(38-12-15(11-37(2)3)29(32,33)13-38)17(8-35-21)14-4-5-22-36-9-18(28(41)42)27(40)39(22)10-14/h4-5,7-10,15,34H,6,11-13H2,1-3H3,(H,41,42). The Hall–Kier alpha value is -4.52. The molecule has 3 aromatic heterocycles. The summed E-state index contributed by atoms with van der Waals surface area (Å²) in [6.07, 6.45) is 3.93. The molecule has 4 aromatic rings. The monoisotopic (exact) mass is 582 g/mol. The third kappa shape index (κ3) is 4.26. The van der Waals surface area contributed by atoms with Gasteiger partial charge in [0.25, 0.3) is 11.5 Å². The van der Waals surface area contributed by atoms with E-state index in [9.17, 15) is 19.1 Å². The third-order valence-electron chi connectivity index (χ3n) is 7.91. The van der Waals surface area contributed by atoms with Crippen LogP contribution in [0.4, 0.5) is 28.9 Å². The highest BCUT2D eigenvalue weighted by Gasteiger charge is 2.49. The van der Waals surface area contributed by atoms with Gasteiger partial charge in [-0.25, -0.2) is 27.3 Å². The lowest BCUT2D eigenvalue weighted by molar-refractivity contribution is -0.0280. The van der Waals surface area contributed by atoms with Gasteiger partial charge in [0.1, 0.15) is 11.2 Å². The fourth-order valence-corrected chi connectivity index (χ4v) is 6.01. The van der Waals surface area contributed by atoms with Crippen molar-refractivity contribution in [3.05, 3.63) is 75.6 Å². The lowest BCUT2D eigenvalue weighted by Gasteiger charge is -2.26. The van der Waals surface area contributed by atoms with Crippen molar-refractivity contribution in [3.63, 3.8) is 0 Å². The van der Waals surface area contributed by atoms with E-state index in [1.165, 1.54) is 23.4 Å². The van der Waals surface area contributed by atoms with Crippen LogP contribution in [0.1, 0.15) is 21.6 Å². The number of rotatable bonds is 6. The number of aromatic carboxylic acids is 1. The van der Waals surface area contributed by atoms with Gasteiger partial charge in [-0.15, -0.1) is 0 Å². The first-order valence-corrected chi connectivity index (χ1v) is 13.1. The second-order valence-corrected chi connectivity index (χ2v) is 10.9. The molecule has 218 valence electrons. The van der Waals surface area contributed by atoms with Gasteiger partial charge in [0.15, 0.2) is 11.6 Å². The first-order valence-electron chi connectivity index (χ1n) is 13.1. The summed E-state index contributed by atoms with van der Waals surface area (Å²) in [6, 6.07) is 4.14. The highest BCUT2D eigenvalue weighted by atomic mass is 19.3. The zero-order chi connectivity index (χ0) is 30.1. The Morgan fingerprint density at radius 2 is 1.95 bits per heavy atom.